The molecule has 0 aliphatic carbocycles. The lowest BCUT2D eigenvalue weighted by Gasteiger charge is -2.04. The summed E-state index contributed by atoms with van der Waals surface area (Å²) in [6.45, 7) is 0. The molecule has 0 atom stereocenters. The number of esters is 1. The fraction of sp³-hybridized carbons (Fsp3) is 0.100. The molecule has 1 rings (SSSR count). The first-order chi connectivity index (χ1) is 8.85. The maximum absolute atomic E-state index is 13.4. The number of methoxy groups -OCH3 is 1. The highest BCUT2D eigenvalue weighted by atomic mass is 19.1. The Hall–Kier alpha value is -2.84. The van der Waals surface area contributed by atoms with E-state index in [0.29, 0.717) is 0 Å². The average Bonchev–Trinajstić information content (AvgIpc) is 2.32. The number of ether oxygens (including phenoxy) is 1. The van der Waals surface area contributed by atoms with Gasteiger partial charge in [0.15, 0.2) is 17.5 Å². The largest absolute Gasteiger partial charge is 0.503 e. The van der Waals surface area contributed by atoms with E-state index in [9.17, 15) is 14.3 Å². The van der Waals surface area contributed by atoms with Crippen LogP contribution in [-0.2, 0) is 4.74 Å². The van der Waals surface area contributed by atoms with Gasteiger partial charge in [-0.15, -0.1) is 0 Å². The molecular formula is C10H12FN5O3. The number of rotatable bonds is 2. The van der Waals surface area contributed by atoms with Gasteiger partial charge in [0.1, 0.15) is 5.69 Å². The van der Waals surface area contributed by atoms with Crippen LogP contribution in [0, 0.1) is 5.82 Å². The molecule has 0 unspecified atom stereocenters. The summed E-state index contributed by atoms with van der Waals surface area (Å²) in [6.07, 6.45) is 0. The third-order valence-corrected chi connectivity index (χ3v) is 1.94. The highest BCUT2D eigenvalue weighted by Gasteiger charge is 2.14. The lowest BCUT2D eigenvalue weighted by molar-refractivity contribution is 0.0600. The van der Waals surface area contributed by atoms with E-state index in [1.54, 1.807) is 0 Å². The number of carbonyl (C=O) groups excluding carboxylic acids is 1. The summed E-state index contributed by atoms with van der Waals surface area (Å²) in [5.41, 5.74) is 15.0. The number of halogens is 1. The van der Waals surface area contributed by atoms with Crippen LogP contribution in [0.2, 0.25) is 0 Å². The SMILES string of the molecule is COC(=O)c1cc(F)c(O)c(N=C(N)N=C(N)N)c1. The molecule has 0 aliphatic heterocycles. The van der Waals surface area contributed by atoms with Crippen molar-refractivity contribution in [1.29, 1.82) is 0 Å². The second-order valence-electron chi connectivity index (χ2n) is 3.32. The molecule has 0 heterocycles. The third-order valence-electron chi connectivity index (χ3n) is 1.94. The highest BCUT2D eigenvalue weighted by molar-refractivity contribution is 5.95. The van der Waals surface area contributed by atoms with E-state index in [0.717, 1.165) is 19.2 Å². The number of nitrogens with zero attached hydrogens (tertiary/aromatic N) is 2. The van der Waals surface area contributed by atoms with Gasteiger partial charge < -0.3 is 27.0 Å². The minimum atomic E-state index is -1.06. The quantitative estimate of drug-likeness (QED) is 0.324. The summed E-state index contributed by atoms with van der Waals surface area (Å²) in [4.78, 5) is 18.2. The molecule has 0 aromatic heterocycles. The number of nitrogens with two attached hydrogens (primary N) is 3. The Balaban J connectivity index is 3.31. The molecule has 0 aliphatic rings. The van der Waals surface area contributed by atoms with Crippen LogP contribution in [-0.4, -0.2) is 30.1 Å². The van der Waals surface area contributed by atoms with E-state index in [-0.39, 0.29) is 17.2 Å². The van der Waals surface area contributed by atoms with Crippen molar-refractivity contribution in [1.82, 2.24) is 0 Å². The van der Waals surface area contributed by atoms with Crippen molar-refractivity contribution in [3.05, 3.63) is 23.5 Å². The number of aromatic hydroxyl groups is 1. The van der Waals surface area contributed by atoms with Crippen LogP contribution < -0.4 is 17.2 Å². The molecule has 9 heteroatoms. The van der Waals surface area contributed by atoms with E-state index in [4.69, 9.17) is 17.2 Å². The Morgan fingerprint density at radius 1 is 1.37 bits per heavy atom. The van der Waals surface area contributed by atoms with Crippen LogP contribution in [0.4, 0.5) is 10.1 Å². The summed E-state index contributed by atoms with van der Waals surface area (Å²) < 4.78 is 17.8. The van der Waals surface area contributed by atoms with Gasteiger partial charge in [0.25, 0.3) is 0 Å². The predicted octanol–water partition coefficient (Wildman–Crippen LogP) is -0.463. The summed E-state index contributed by atoms with van der Waals surface area (Å²) in [6, 6.07) is 1.89. The minimum Gasteiger partial charge on any atom is -0.503 e. The third kappa shape index (κ3) is 3.56. The molecule has 0 fully saturated rings. The van der Waals surface area contributed by atoms with Crippen molar-refractivity contribution in [2.75, 3.05) is 7.11 Å². The summed E-state index contributed by atoms with van der Waals surface area (Å²) >= 11 is 0. The fourth-order valence-electron chi connectivity index (χ4n) is 1.19. The van der Waals surface area contributed by atoms with Crippen molar-refractivity contribution >= 4 is 23.6 Å². The second-order valence-corrected chi connectivity index (χ2v) is 3.32. The van der Waals surface area contributed by atoms with Gasteiger partial charge in [-0.05, 0) is 12.1 Å². The maximum Gasteiger partial charge on any atom is 0.338 e. The van der Waals surface area contributed by atoms with Gasteiger partial charge >= 0.3 is 5.97 Å². The van der Waals surface area contributed by atoms with Crippen molar-refractivity contribution in [3.63, 3.8) is 0 Å². The summed E-state index contributed by atoms with van der Waals surface area (Å²) in [5, 5.41) is 9.46. The molecule has 1 aromatic carbocycles. The Bertz CT molecular complexity index is 567. The van der Waals surface area contributed by atoms with Crippen LogP contribution in [0.15, 0.2) is 22.1 Å². The lowest BCUT2D eigenvalue weighted by atomic mass is 10.2. The highest BCUT2D eigenvalue weighted by Crippen LogP contribution is 2.31. The minimum absolute atomic E-state index is 0.144. The van der Waals surface area contributed by atoms with Gasteiger partial charge in [0, 0.05) is 0 Å². The zero-order valence-electron chi connectivity index (χ0n) is 9.92. The van der Waals surface area contributed by atoms with Crippen LogP contribution in [0.25, 0.3) is 0 Å². The average molecular weight is 269 g/mol. The van der Waals surface area contributed by atoms with Gasteiger partial charge in [-0.1, -0.05) is 0 Å². The standard InChI is InChI=1S/C10H12FN5O3/c1-19-8(18)4-2-5(11)7(17)6(3-4)15-10(14)16-9(12)13/h2-3,17H,1H3,(H6,12,13,14,15,16). The molecule has 19 heavy (non-hydrogen) atoms. The molecule has 0 saturated carbocycles. The molecule has 102 valence electrons. The van der Waals surface area contributed by atoms with Crippen LogP contribution >= 0.6 is 0 Å². The van der Waals surface area contributed by atoms with Gasteiger partial charge in [-0.25, -0.2) is 14.2 Å². The number of phenols is 1. The Morgan fingerprint density at radius 2 is 2.00 bits per heavy atom. The molecule has 0 bridgehead atoms. The first-order valence-electron chi connectivity index (χ1n) is 4.89. The zero-order chi connectivity index (χ0) is 14.6. The Kier molecular flexibility index (Phi) is 4.24. The second kappa shape index (κ2) is 5.67. The monoisotopic (exact) mass is 269 g/mol. The van der Waals surface area contributed by atoms with Crippen LogP contribution in [0.5, 0.6) is 5.75 Å². The van der Waals surface area contributed by atoms with E-state index < -0.39 is 23.5 Å². The van der Waals surface area contributed by atoms with Gasteiger partial charge in [-0.2, -0.15) is 4.99 Å². The molecule has 8 nitrogen and oxygen atoms in total. The molecule has 7 N–H and O–H groups in total. The number of guanidine groups is 2. The number of hydrogen-bond donors (Lipinski definition) is 4. The fourth-order valence-corrected chi connectivity index (χ4v) is 1.19. The van der Waals surface area contributed by atoms with E-state index in [1.807, 2.05) is 0 Å². The van der Waals surface area contributed by atoms with Gasteiger partial charge in [0.05, 0.1) is 12.7 Å². The first-order valence-corrected chi connectivity index (χ1v) is 4.89. The number of hydrogen-bond acceptors (Lipinski definition) is 4. The number of benzene rings is 1. The smallest absolute Gasteiger partial charge is 0.338 e. The van der Waals surface area contributed by atoms with Gasteiger partial charge in [0.2, 0.25) is 5.96 Å². The van der Waals surface area contributed by atoms with E-state index >= 15 is 0 Å². The normalized spacial score (nSPS) is 10.9. The molecular weight excluding hydrogens is 257 g/mol. The van der Waals surface area contributed by atoms with Crippen LogP contribution in [0.1, 0.15) is 10.4 Å². The Morgan fingerprint density at radius 3 is 2.53 bits per heavy atom. The number of carbonyl (C=O) groups is 1. The topological polar surface area (TPSA) is 149 Å². The van der Waals surface area contributed by atoms with E-state index in [2.05, 4.69) is 14.7 Å². The predicted molar refractivity (Wildman–Crippen MR) is 66.5 cm³/mol. The van der Waals surface area contributed by atoms with E-state index in [1.165, 1.54) is 0 Å². The van der Waals surface area contributed by atoms with Crippen molar-refractivity contribution in [3.8, 4) is 5.75 Å². The van der Waals surface area contributed by atoms with Crippen molar-refractivity contribution < 1.29 is 19.0 Å². The van der Waals surface area contributed by atoms with Crippen molar-refractivity contribution in [2.24, 2.45) is 27.2 Å². The molecule has 1 aromatic rings. The van der Waals surface area contributed by atoms with Crippen LogP contribution in [0.3, 0.4) is 0 Å². The summed E-state index contributed by atoms with van der Waals surface area (Å²) in [7, 11) is 1.13. The number of phenolic OH excluding ortho intramolecular Hbond substituents is 1. The zero-order valence-corrected chi connectivity index (χ0v) is 9.92. The van der Waals surface area contributed by atoms with Gasteiger partial charge in [-0.3, -0.25) is 0 Å². The van der Waals surface area contributed by atoms with Crippen molar-refractivity contribution in [2.45, 2.75) is 0 Å². The maximum atomic E-state index is 13.4. The molecule has 0 amide bonds. The molecule has 0 saturated heterocycles. The first kappa shape index (κ1) is 14.2. The summed E-state index contributed by atoms with van der Waals surface area (Å²) in [5.74, 6) is -3.40. The molecule has 0 spiro atoms. The Labute approximate surface area is 107 Å². The number of aliphatic imine (C=N–C) groups is 2. The molecule has 0 radical (unpaired) electrons. The lowest BCUT2D eigenvalue weighted by Crippen LogP contribution is -2.26.